The van der Waals surface area contributed by atoms with Crippen LogP contribution in [0.2, 0.25) is 0 Å². The van der Waals surface area contributed by atoms with E-state index in [0.717, 1.165) is 26.9 Å². The molecule has 0 aliphatic rings. The van der Waals surface area contributed by atoms with E-state index in [0.29, 0.717) is 18.1 Å². The molecule has 6 heteroatoms. The fourth-order valence-electron chi connectivity index (χ4n) is 2.82. The van der Waals surface area contributed by atoms with E-state index in [1.54, 1.807) is 30.5 Å². The first-order valence-electron chi connectivity index (χ1n) is 9.49. The molecule has 1 N–H and O–H groups in total. The highest BCUT2D eigenvalue weighted by molar-refractivity contribution is 9.10. The van der Waals surface area contributed by atoms with Crippen molar-refractivity contribution >= 4 is 33.8 Å². The predicted molar refractivity (Wildman–Crippen MR) is 121 cm³/mol. The lowest BCUT2D eigenvalue weighted by molar-refractivity contribution is 0.0697. The molecule has 0 spiro atoms. The molecule has 0 aliphatic heterocycles. The summed E-state index contributed by atoms with van der Waals surface area (Å²) >= 11 is 3.57. The van der Waals surface area contributed by atoms with Gasteiger partial charge in [0.25, 0.3) is 0 Å². The molecule has 0 radical (unpaired) electrons. The summed E-state index contributed by atoms with van der Waals surface area (Å²) < 4.78 is 12.5. The maximum Gasteiger partial charge on any atom is 0.335 e. The van der Waals surface area contributed by atoms with Gasteiger partial charge >= 0.3 is 5.97 Å². The molecule has 3 rings (SSSR count). The molecule has 3 aromatic rings. The summed E-state index contributed by atoms with van der Waals surface area (Å²) in [6, 6.07) is 18.3. The summed E-state index contributed by atoms with van der Waals surface area (Å²) in [6.07, 6.45) is 1.80. The number of para-hydroxylation sites is 1. The molecule has 3 aromatic carbocycles. The van der Waals surface area contributed by atoms with Crippen LogP contribution in [0.15, 0.2) is 70.1 Å². The Labute approximate surface area is 184 Å². The average molecular weight is 468 g/mol. The highest BCUT2D eigenvalue weighted by atomic mass is 79.9. The fraction of sp³-hybridized carbons (Fsp3) is 0.167. The third kappa shape index (κ3) is 5.48. The molecule has 0 saturated heterocycles. The van der Waals surface area contributed by atoms with E-state index >= 15 is 0 Å². The van der Waals surface area contributed by atoms with Gasteiger partial charge in [-0.1, -0.05) is 30.3 Å². The number of aryl methyl sites for hydroxylation is 1. The molecule has 0 bridgehead atoms. The SMILES string of the molecule is CCOc1cc(C=Nc2ccccc2C)cc(Br)c1OCc1ccc(C(=O)O)cc1. The van der Waals surface area contributed by atoms with Crippen molar-refractivity contribution in [2.75, 3.05) is 6.61 Å². The number of aromatic carboxylic acids is 1. The van der Waals surface area contributed by atoms with Gasteiger partial charge in [0, 0.05) is 6.21 Å². The minimum atomic E-state index is -0.952. The maximum absolute atomic E-state index is 11.0. The second-order valence-electron chi connectivity index (χ2n) is 6.60. The number of benzene rings is 3. The fourth-order valence-corrected chi connectivity index (χ4v) is 3.39. The Morgan fingerprint density at radius 1 is 1.10 bits per heavy atom. The van der Waals surface area contributed by atoms with Gasteiger partial charge in [0.15, 0.2) is 11.5 Å². The van der Waals surface area contributed by atoms with Crippen molar-refractivity contribution in [1.29, 1.82) is 0 Å². The van der Waals surface area contributed by atoms with Gasteiger partial charge in [0.1, 0.15) is 6.61 Å². The Morgan fingerprint density at radius 3 is 2.50 bits per heavy atom. The van der Waals surface area contributed by atoms with E-state index in [-0.39, 0.29) is 12.2 Å². The van der Waals surface area contributed by atoms with Crippen molar-refractivity contribution in [1.82, 2.24) is 0 Å². The number of nitrogens with zero attached hydrogens (tertiary/aromatic N) is 1. The minimum absolute atomic E-state index is 0.243. The van der Waals surface area contributed by atoms with Gasteiger partial charge in [-0.3, -0.25) is 4.99 Å². The zero-order chi connectivity index (χ0) is 21.5. The molecular weight excluding hydrogens is 446 g/mol. The topological polar surface area (TPSA) is 68.1 Å². The molecule has 154 valence electrons. The van der Waals surface area contributed by atoms with Gasteiger partial charge in [-0.2, -0.15) is 0 Å². The van der Waals surface area contributed by atoms with Gasteiger partial charge < -0.3 is 14.6 Å². The molecule has 0 unspecified atom stereocenters. The van der Waals surface area contributed by atoms with Crippen molar-refractivity contribution in [3.8, 4) is 11.5 Å². The number of carbonyl (C=O) groups is 1. The number of carboxylic acids is 1. The second-order valence-corrected chi connectivity index (χ2v) is 7.45. The third-order valence-electron chi connectivity index (χ3n) is 4.38. The zero-order valence-corrected chi connectivity index (χ0v) is 18.3. The first-order chi connectivity index (χ1) is 14.5. The largest absolute Gasteiger partial charge is 0.490 e. The molecular formula is C24H22BrNO4. The van der Waals surface area contributed by atoms with Crippen LogP contribution in [0.4, 0.5) is 5.69 Å². The Hall–Kier alpha value is -3.12. The van der Waals surface area contributed by atoms with Crippen LogP contribution in [-0.4, -0.2) is 23.9 Å². The van der Waals surface area contributed by atoms with Crippen molar-refractivity contribution in [2.24, 2.45) is 4.99 Å². The predicted octanol–water partition coefficient (Wildman–Crippen LogP) is 6.18. The third-order valence-corrected chi connectivity index (χ3v) is 4.97. The lowest BCUT2D eigenvalue weighted by Crippen LogP contribution is -2.02. The van der Waals surface area contributed by atoms with Crippen molar-refractivity contribution < 1.29 is 19.4 Å². The van der Waals surface area contributed by atoms with Crippen LogP contribution in [0.25, 0.3) is 0 Å². The molecule has 30 heavy (non-hydrogen) atoms. The van der Waals surface area contributed by atoms with Crippen LogP contribution in [-0.2, 0) is 6.61 Å². The Balaban J connectivity index is 1.80. The summed E-state index contributed by atoms with van der Waals surface area (Å²) in [5, 5.41) is 9.01. The van der Waals surface area contributed by atoms with Crippen LogP contribution >= 0.6 is 15.9 Å². The maximum atomic E-state index is 11.0. The van der Waals surface area contributed by atoms with Crippen LogP contribution in [0.3, 0.4) is 0 Å². The molecule has 0 amide bonds. The second kappa shape index (κ2) is 10.1. The van der Waals surface area contributed by atoms with Crippen molar-refractivity contribution in [3.05, 3.63) is 87.4 Å². The average Bonchev–Trinajstić information content (AvgIpc) is 2.73. The molecule has 0 heterocycles. The monoisotopic (exact) mass is 467 g/mol. The van der Waals surface area contributed by atoms with Crippen LogP contribution < -0.4 is 9.47 Å². The molecule has 5 nitrogen and oxygen atoms in total. The summed E-state index contributed by atoms with van der Waals surface area (Å²) in [5.74, 6) is 0.249. The van der Waals surface area contributed by atoms with E-state index in [4.69, 9.17) is 14.6 Å². The highest BCUT2D eigenvalue weighted by Crippen LogP contribution is 2.37. The van der Waals surface area contributed by atoms with Gasteiger partial charge in [-0.05, 0) is 76.8 Å². The van der Waals surface area contributed by atoms with Gasteiger partial charge in [-0.25, -0.2) is 4.79 Å². The lowest BCUT2D eigenvalue weighted by atomic mass is 10.1. The summed E-state index contributed by atoms with van der Waals surface area (Å²) in [6.45, 7) is 4.72. The zero-order valence-electron chi connectivity index (χ0n) is 16.8. The Bertz CT molecular complexity index is 1060. The number of ether oxygens (including phenoxy) is 2. The quantitative estimate of drug-likeness (QED) is 0.401. The first-order valence-corrected chi connectivity index (χ1v) is 10.3. The number of rotatable bonds is 8. The number of aliphatic imine (C=N–C) groups is 1. The number of halogens is 1. The van der Waals surface area contributed by atoms with E-state index in [1.165, 1.54) is 0 Å². The van der Waals surface area contributed by atoms with Gasteiger partial charge in [0.05, 0.1) is 22.3 Å². The molecule has 0 saturated carbocycles. The van der Waals surface area contributed by atoms with E-state index in [2.05, 4.69) is 20.9 Å². The number of hydrogen-bond acceptors (Lipinski definition) is 4. The smallest absolute Gasteiger partial charge is 0.335 e. The van der Waals surface area contributed by atoms with E-state index < -0.39 is 5.97 Å². The summed E-state index contributed by atoms with van der Waals surface area (Å²) in [4.78, 5) is 15.6. The first kappa shape index (κ1) is 21.6. The number of carboxylic acid groups (broad SMARTS) is 1. The molecule has 0 aromatic heterocycles. The molecule has 0 fully saturated rings. The van der Waals surface area contributed by atoms with Gasteiger partial charge in [-0.15, -0.1) is 0 Å². The Kier molecular flexibility index (Phi) is 7.25. The van der Waals surface area contributed by atoms with E-state index in [9.17, 15) is 4.79 Å². The molecule has 0 aliphatic carbocycles. The van der Waals surface area contributed by atoms with Crippen molar-refractivity contribution in [3.63, 3.8) is 0 Å². The normalized spacial score (nSPS) is 10.9. The molecule has 0 atom stereocenters. The summed E-state index contributed by atoms with van der Waals surface area (Å²) in [5.41, 5.74) is 4.00. The van der Waals surface area contributed by atoms with Crippen LogP contribution in [0.5, 0.6) is 11.5 Å². The van der Waals surface area contributed by atoms with E-state index in [1.807, 2.05) is 50.2 Å². The van der Waals surface area contributed by atoms with Crippen LogP contribution in [0.1, 0.15) is 34.0 Å². The van der Waals surface area contributed by atoms with Crippen molar-refractivity contribution in [2.45, 2.75) is 20.5 Å². The lowest BCUT2D eigenvalue weighted by Gasteiger charge is -2.15. The summed E-state index contributed by atoms with van der Waals surface area (Å²) in [7, 11) is 0. The highest BCUT2D eigenvalue weighted by Gasteiger charge is 2.12. The standard InChI is InChI=1S/C24H22BrNO4/c1-3-29-22-13-18(14-26-21-7-5-4-6-16(21)2)12-20(25)23(22)30-15-17-8-10-19(11-9-17)24(27)28/h4-14H,3,15H2,1-2H3,(H,27,28). The Morgan fingerprint density at radius 2 is 1.83 bits per heavy atom. The van der Waals surface area contributed by atoms with Crippen LogP contribution in [0, 0.1) is 6.92 Å². The van der Waals surface area contributed by atoms with Gasteiger partial charge in [0.2, 0.25) is 0 Å². The number of hydrogen-bond donors (Lipinski definition) is 1. The minimum Gasteiger partial charge on any atom is -0.490 e.